The van der Waals surface area contributed by atoms with Crippen molar-refractivity contribution in [2.75, 3.05) is 19.6 Å². The first-order valence-electron chi connectivity index (χ1n) is 5.90. The van der Waals surface area contributed by atoms with Crippen LogP contribution in [0, 0.1) is 0 Å². The molecule has 1 rings (SSSR count). The van der Waals surface area contributed by atoms with E-state index in [0.717, 1.165) is 19.5 Å². The van der Waals surface area contributed by atoms with Crippen LogP contribution in [-0.4, -0.2) is 35.7 Å². The van der Waals surface area contributed by atoms with Crippen LogP contribution in [0.2, 0.25) is 0 Å². The summed E-state index contributed by atoms with van der Waals surface area (Å²) in [6.45, 7) is 5.00. The van der Waals surface area contributed by atoms with Gasteiger partial charge in [0.15, 0.2) is 0 Å². The fourth-order valence-corrected chi connectivity index (χ4v) is 1.69. The summed E-state index contributed by atoms with van der Waals surface area (Å²) in [5, 5.41) is 9.65. The van der Waals surface area contributed by atoms with Gasteiger partial charge in [0, 0.05) is 26.2 Å². The van der Waals surface area contributed by atoms with Gasteiger partial charge in [0.2, 0.25) is 0 Å². The molecule has 1 aromatic carbocycles. The van der Waals surface area contributed by atoms with Gasteiger partial charge in [-0.1, -0.05) is 37.3 Å². The molecule has 0 radical (unpaired) electrons. The van der Waals surface area contributed by atoms with Crippen LogP contribution < -0.4 is 5.73 Å². The minimum Gasteiger partial charge on any atom is -0.392 e. The van der Waals surface area contributed by atoms with E-state index in [9.17, 15) is 5.11 Å². The van der Waals surface area contributed by atoms with Crippen molar-refractivity contribution in [3.8, 4) is 0 Å². The molecule has 0 aliphatic carbocycles. The highest BCUT2D eigenvalue weighted by molar-refractivity contribution is 5.14. The standard InChI is InChI=1S/C13H22N2O/c1-2-13(16)11-15(9-8-14)10-12-6-4-3-5-7-12/h3-7,13,16H,2,8-11,14H2,1H3. The Bertz CT molecular complexity index is 277. The summed E-state index contributed by atoms with van der Waals surface area (Å²) in [5.74, 6) is 0. The SMILES string of the molecule is CCC(O)CN(CCN)Cc1ccccc1. The molecular weight excluding hydrogens is 200 g/mol. The fourth-order valence-electron chi connectivity index (χ4n) is 1.69. The lowest BCUT2D eigenvalue weighted by Crippen LogP contribution is -2.35. The van der Waals surface area contributed by atoms with Gasteiger partial charge in [0.05, 0.1) is 6.10 Å². The molecule has 0 fully saturated rings. The Labute approximate surface area is 97.9 Å². The lowest BCUT2D eigenvalue weighted by atomic mass is 10.2. The van der Waals surface area contributed by atoms with Gasteiger partial charge in [-0.25, -0.2) is 0 Å². The maximum absolute atomic E-state index is 9.65. The van der Waals surface area contributed by atoms with E-state index in [4.69, 9.17) is 5.73 Å². The van der Waals surface area contributed by atoms with Crippen LogP contribution in [0.15, 0.2) is 30.3 Å². The van der Waals surface area contributed by atoms with Crippen LogP contribution in [0.5, 0.6) is 0 Å². The van der Waals surface area contributed by atoms with E-state index in [1.165, 1.54) is 5.56 Å². The van der Waals surface area contributed by atoms with Crippen molar-refractivity contribution in [3.63, 3.8) is 0 Å². The van der Waals surface area contributed by atoms with E-state index in [1.807, 2.05) is 25.1 Å². The first kappa shape index (κ1) is 13.2. The molecule has 1 unspecified atom stereocenters. The summed E-state index contributed by atoms with van der Waals surface area (Å²) in [6, 6.07) is 10.3. The maximum atomic E-state index is 9.65. The first-order chi connectivity index (χ1) is 7.76. The van der Waals surface area contributed by atoms with Crippen LogP contribution in [0.3, 0.4) is 0 Å². The summed E-state index contributed by atoms with van der Waals surface area (Å²) in [6.07, 6.45) is 0.533. The maximum Gasteiger partial charge on any atom is 0.0664 e. The quantitative estimate of drug-likeness (QED) is 0.729. The predicted octanol–water partition coefficient (Wildman–Crippen LogP) is 1.22. The Balaban J connectivity index is 2.50. The van der Waals surface area contributed by atoms with E-state index in [0.29, 0.717) is 13.1 Å². The van der Waals surface area contributed by atoms with E-state index < -0.39 is 0 Å². The summed E-state index contributed by atoms with van der Waals surface area (Å²) in [7, 11) is 0. The highest BCUT2D eigenvalue weighted by Crippen LogP contribution is 2.05. The normalized spacial score (nSPS) is 13.0. The van der Waals surface area contributed by atoms with Crippen LogP contribution in [-0.2, 0) is 6.54 Å². The summed E-state index contributed by atoms with van der Waals surface area (Å²) in [4.78, 5) is 2.20. The molecule has 0 amide bonds. The Morgan fingerprint density at radius 1 is 1.31 bits per heavy atom. The van der Waals surface area contributed by atoms with Crippen molar-refractivity contribution in [2.45, 2.75) is 26.0 Å². The molecular formula is C13H22N2O. The highest BCUT2D eigenvalue weighted by Gasteiger charge is 2.09. The average molecular weight is 222 g/mol. The van der Waals surface area contributed by atoms with Crippen LogP contribution in [0.25, 0.3) is 0 Å². The topological polar surface area (TPSA) is 49.5 Å². The Morgan fingerprint density at radius 2 is 2.00 bits per heavy atom. The smallest absolute Gasteiger partial charge is 0.0664 e. The Kier molecular flexibility index (Phi) is 6.08. The number of nitrogens with zero attached hydrogens (tertiary/aromatic N) is 1. The van der Waals surface area contributed by atoms with E-state index in [-0.39, 0.29) is 6.10 Å². The van der Waals surface area contributed by atoms with E-state index in [2.05, 4.69) is 17.0 Å². The predicted molar refractivity (Wildman–Crippen MR) is 67.1 cm³/mol. The summed E-state index contributed by atoms with van der Waals surface area (Å²) >= 11 is 0. The molecule has 90 valence electrons. The third kappa shape index (κ3) is 4.75. The van der Waals surface area contributed by atoms with Gasteiger partial charge in [-0.15, -0.1) is 0 Å². The van der Waals surface area contributed by atoms with Gasteiger partial charge in [0.1, 0.15) is 0 Å². The van der Waals surface area contributed by atoms with Gasteiger partial charge in [-0.2, -0.15) is 0 Å². The first-order valence-corrected chi connectivity index (χ1v) is 5.90. The van der Waals surface area contributed by atoms with Crippen molar-refractivity contribution in [2.24, 2.45) is 5.73 Å². The van der Waals surface area contributed by atoms with Crippen LogP contribution >= 0.6 is 0 Å². The molecule has 3 heteroatoms. The molecule has 0 spiro atoms. The van der Waals surface area contributed by atoms with Crippen molar-refractivity contribution < 1.29 is 5.11 Å². The number of hydrogen-bond donors (Lipinski definition) is 2. The molecule has 16 heavy (non-hydrogen) atoms. The highest BCUT2D eigenvalue weighted by atomic mass is 16.3. The lowest BCUT2D eigenvalue weighted by molar-refractivity contribution is 0.107. The van der Waals surface area contributed by atoms with E-state index >= 15 is 0 Å². The third-order valence-electron chi connectivity index (χ3n) is 2.63. The van der Waals surface area contributed by atoms with Crippen molar-refractivity contribution in [3.05, 3.63) is 35.9 Å². The van der Waals surface area contributed by atoms with Crippen LogP contribution in [0.1, 0.15) is 18.9 Å². The molecule has 3 N–H and O–H groups in total. The van der Waals surface area contributed by atoms with Crippen molar-refractivity contribution in [1.29, 1.82) is 0 Å². The molecule has 0 aliphatic rings. The second-order valence-electron chi connectivity index (χ2n) is 4.07. The zero-order chi connectivity index (χ0) is 11.8. The lowest BCUT2D eigenvalue weighted by Gasteiger charge is -2.24. The molecule has 0 aliphatic heterocycles. The minimum atomic E-state index is -0.254. The number of nitrogens with two attached hydrogens (primary N) is 1. The number of benzene rings is 1. The van der Waals surface area contributed by atoms with Gasteiger partial charge in [0.25, 0.3) is 0 Å². The molecule has 0 aromatic heterocycles. The minimum absolute atomic E-state index is 0.254. The second-order valence-corrected chi connectivity index (χ2v) is 4.07. The van der Waals surface area contributed by atoms with E-state index in [1.54, 1.807) is 0 Å². The molecule has 0 saturated carbocycles. The van der Waals surface area contributed by atoms with Gasteiger partial charge < -0.3 is 10.8 Å². The Hall–Kier alpha value is -0.900. The number of rotatable bonds is 7. The van der Waals surface area contributed by atoms with Gasteiger partial charge in [-0.3, -0.25) is 4.90 Å². The van der Waals surface area contributed by atoms with Crippen molar-refractivity contribution >= 4 is 0 Å². The molecule has 0 heterocycles. The average Bonchev–Trinajstić information content (AvgIpc) is 2.30. The fraction of sp³-hybridized carbons (Fsp3) is 0.538. The number of hydrogen-bond acceptors (Lipinski definition) is 3. The molecule has 1 atom stereocenters. The number of aliphatic hydroxyl groups is 1. The molecule has 1 aromatic rings. The summed E-state index contributed by atoms with van der Waals surface area (Å²) < 4.78 is 0. The second kappa shape index (κ2) is 7.39. The molecule has 3 nitrogen and oxygen atoms in total. The van der Waals surface area contributed by atoms with Crippen LogP contribution in [0.4, 0.5) is 0 Å². The molecule has 0 saturated heterocycles. The van der Waals surface area contributed by atoms with Gasteiger partial charge in [-0.05, 0) is 12.0 Å². The summed E-state index contributed by atoms with van der Waals surface area (Å²) in [5.41, 5.74) is 6.84. The number of aliphatic hydroxyl groups excluding tert-OH is 1. The Morgan fingerprint density at radius 3 is 2.56 bits per heavy atom. The third-order valence-corrected chi connectivity index (χ3v) is 2.63. The largest absolute Gasteiger partial charge is 0.392 e. The molecule has 0 bridgehead atoms. The van der Waals surface area contributed by atoms with Crippen molar-refractivity contribution in [1.82, 2.24) is 4.90 Å². The zero-order valence-electron chi connectivity index (χ0n) is 9.97. The zero-order valence-corrected chi connectivity index (χ0v) is 9.97. The van der Waals surface area contributed by atoms with Gasteiger partial charge >= 0.3 is 0 Å². The monoisotopic (exact) mass is 222 g/mol.